The van der Waals surface area contributed by atoms with Gasteiger partial charge in [0.1, 0.15) is 0 Å². The van der Waals surface area contributed by atoms with Crippen molar-refractivity contribution in [3.05, 3.63) is 10.6 Å². The van der Waals surface area contributed by atoms with E-state index in [4.69, 9.17) is 4.74 Å². The number of aromatic nitrogens is 2. The summed E-state index contributed by atoms with van der Waals surface area (Å²) in [7, 11) is 0. The molecule has 5 heteroatoms. The number of hydrogen-bond acceptors (Lipinski definition) is 5. The molecule has 1 aromatic rings. The Hall–Kier alpha value is -0.520. The summed E-state index contributed by atoms with van der Waals surface area (Å²) in [5, 5.41) is 7.91. The molecule has 0 radical (unpaired) electrons. The molecular weight excluding hydrogens is 282 g/mol. The molecule has 1 aromatic heterocycles. The number of nitrogens with zero attached hydrogens (tertiary/aromatic N) is 2. The van der Waals surface area contributed by atoms with E-state index in [-0.39, 0.29) is 5.60 Å². The van der Waals surface area contributed by atoms with Crippen LogP contribution in [0.3, 0.4) is 0 Å². The van der Waals surface area contributed by atoms with Gasteiger partial charge in [0.2, 0.25) is 0 Å². The van der Waals surface area contributed by atoms with Crippen molar-refractivity contribution in [1.82, 2.24) is 14.9 Å². The minimum atomic E-state index is 0.168. The smallest absolute Gasteiger partial charge is 0.0772 e. The van der Waals surface area contributed by atoms with Crippen LogP contribution in [0.25, 0.3) is 0 Å². The zero-order chi connectivity index (χ0) is 14.7. The van der Waals surface area contributed by atoms with E-state index in [0.29, 0.717) is 12.0 Å². The molecule has 1 N–H and O–H groups in total. The third kappa shape index (κ3) is 3.30. The second-order valence-corrected chi connectivity index (χ2v) is 7.39. The molecule has 2 fully saturated rings. The third-order valence-corrected chi connectivity index (χ3v) is 6.07. The molecule has 1 aliphatic heterocycles. The molecule has 1 saturated carbocycles. The van der Waals surface area contributed by atoms with Gasteiger partial charge in [0.05, 0.1) is 16.2 Å². The van der Waals surface area contributed by atoms with Gasteiger partial charge < -0.3 is 10.1 Å². The lowest BCUT2D eigenvalue weighted by atomic mass is 9.74. The molecule has 1 spiro atoms. The largest absolute Gasteiger partial charge is 0.375 e. The molecule has 2 aliphatic rings. The van der Waals surface area contributed by atoms with E-state index in [9.17, 15) is 0 Å². The van der Waals surface area contributed by atoms with E-state index in [1.165, 1.54) is 43.4 Å². The zero-order valence-electron chi connectivity index (χ0n) is 13.2. The summed E-state index contributed by atoms with van der Waals surface area (Å²) in [6.45, 7) is 6.18. The normalized spacial score (nSPS) is 26.9. The Bertz CT molecular complexity index is 451. The highest BCUT2D eigenvalue weighted by Gasteiger charge is 2.41. The van der Waals surface area contributed by atoms with Gasteiger partial charge in [0, 0.05) is 12.6 Å². The molecule has 0 amide bonds. The van der Waals surface area contributed by atoms with Gasteiger partial charge in [-0.05, 0) is 56.6 Å². The number of rotatable bonds is 4. The Morgan fingerprint density at radius 3 is 2.86 bits per heavy atom. The fourth-order valence-electron chi connectivity index (χ4n) is 4.11. The van der Waals surface area contributed by atoms with Gasteiger partial charge in [-0.25, -0.2) is 0 Å². The van der Waals surface area contributed by atoms with Crippen molar-refractivity contribution in [2.45, 2.75) is 70.4 Å². The van der Waals surface area contributed by atoms with Crippen LogP contribution in [0.4, 0.5) is 0 Å². The molecule has 3 rings (SSSR count). The lowest BCUT2D eigenvalue weighted by Gasteiger charge is -2.45. The molecule has 4 nitrogen and oxygen atoms in total. The number of hydrogen-bond donors (Lipinski definition) is 1. The van der Waals surface area contributed by atoms with Crippen LogP contribution in [0.2, 0.25) is 0 Å². The molecule has 2 atom stereocenters. The first-order valence-corrected chi connectivity index (χ1v) is 9.18. The monoisotopic (exact) mass is 309 g/mol. The second kappa shape index (κ2) is 6.71. The lowest BCUT2D eigenvalue weighted by molar-refractivity contribution is -0.122. The third-order valence-electron chi connectivity index (χ3n) is 5.16. The van der Waals surface area contributed by atoms with Crippen LogP contribution >= 0.6 is 11.5 Å². The first kappa shape index (κ1) is 15.4. The van der Waals surface area contributed by atoms with Crippen molar-refractivity contribution >= 4 is 11.5 Å². The summed E-state index contributed by atoms with van der Waals surface area (Å²) in [5.74, 6) is 0.651. The number of nitrogens with one attached hydrogen (secondary N) is 1. The Kier molecular flexibility index (Phi) is 4.92. The summed E-state index contributed by atoms with van der Waals surface area (Å²) in [6, 6.07) is 0.401. The fourth-order valence-corrected chi connectivity index (χ4v) is 4.92. The maximum Gasteiger partial charge on any atom is 0.0772 e. The van der Waals surface area contributed by atoms with E-state index < -0.39 is 0 Å². The highest BCUT2D eigenvalue weighted by Crippen LogP contribution is 2.44. The number of aryl methyl sites for hydroxylation is 1. The molecule has 21 heavy (non-hydrogen) atoms. The summed E-state index contributed by atoms with van der Waals surface area (Å²) in [4.78, 5) is 1.33. The average Bonchev–Trinajstić information content (AvgIpc) is 2.91. The van der Waals surface area contributed by atoms with Crippen LogP contribution in [0.15, 0.2) is 0 Å². The summed E-state index contributed by atoms with van der Waals surface area (Å²) < 4.78 is 10.4. The molecule has 118 valence electrons. The van der Waals surface area contributed by atoms with Crippen LogP contribution < -0.4 is 5.32 Å². The highest BCUT2D eigenvalue weighted by molar-refractivity contribution is 7.05. The fraction of sp³-hybridized carbons (Fsp3) is 0.875. The second-order valence-electron chi connectivity index (χ2n) is 6.60. The van der Waals surface area contributed by atoms with Crippen LogP contribution in [-0.2, 0) is 4.74 Å². The molecule has 0 aromatic carbocycles. The van der Waals surface area contributed by atoms with Gasteiger partial charge in [0.25, 0.3) is 0 Å². The highest BCUT2D eigenvalue weighted by atomic mass is 32.1. The van der Waals surface area contributed by atoms with Crippen LogP contribution in [0.1, 0.15) is 68.5 Å². The van der Waals surface area contributed by atoms with Crippen molar-refractivity contribution in [2.24, 2.45) is 5.92 Å². The summed E-state index contributed by atoms with van der Waals surface area (Å²) in [6.07, 6.45) is 8.90. The molecule has 1 aliphatic carbocycles. The van der Waals surface area contributed by atoms with Crippen LogP contribution in [-0.4, -0.2) is 28.3 Å². The van der Waals surface area contributed by atoms with Gasteiger partial charge >= 0.3 is 0 Å². The Labute approximate surface area is 131 Å². The van der Waals surface area contributed by atoms with Crippen molar-refractivity contribution in [1.29, 1.82) is 0 Å². The van der Waals surface area contributed by atoms with Gasteiger partial charge in [0.15, 0.2) is 0 Å². The van der Waals surface area contributed by atoms with Crippen molar-refractivity contribution < 1.29 is 4.74 Å². The molecule has 1 saturated heterocycles. The average molecular weight is 309 g/mol. The summed E-state index contributed by atoms with van der Waals surface area (Å²) >= 11 is 1.56. The van der Waals surface area contributed by atoms with E-state index >= 15 is 0 Å². The Morgan fingerprint density at radius 2 is 2.19 bits per heavy atom. The molecule has 2 unspecified atom stereocenters. The van der Waals surface area contributed by atoms with Crippen LogP contribution in [0, 0.1) is 12.8 Å². The van der Waals surface area contributed by atoms with E-state index in [1.54, 1.807) is 11.5 Å². The molecule has 2 heterocycles. The van der Waals surface area contributed by atoms with Crippen molar-refractivity contribution in [2.75, 3.05) is 13.2 Å². The van der Waals surface area contributed by atoms with E-state index in [1.807, 2.05) is 0 Å². The van der Waals surface area contributed by atoms with Gasteiger partial charge in [-0.15, -0.1) is 5.10 Å². The Morgan fingerprint density at radius 1 is 1.38 bits per heavy atom. The van der Waals surface area contributed by atoms with Crippen molar-refractivity contribution in [3.8, 4) is 0 Å². The minimum absolute atomic E-state index is 0.168. The van der Waals surface area contributed by atoms with Crippen molar-refractivity contribution in [3.63, 3.8) is 0 Å². The predicted octanol–water partition coefficient (Wildman–Crippen LogP) is 3.63. The standard InChI is InChI=1S/C16H27N3OS/c1-3-17-14(15-12(2)18-19-21-15)13-7-10-20-16(11-13)8-5-4-6-9-16/h13-14,17H,3-11H2,1-2H3. The van der Waals surface area contributed by atoms with Gasteiger partial charge in [-0.3, -0.25) is 0 Å². The van der Waals surface area contributed by atoms with Gasteiger partial charge in [-0.2, -0.15) is 0 Å². The molecule has 0 bridgehead atoms. The first-order valence-electron chi connectivity index (χ1n) is 8.40. The summed E-state index contributed by atoms with van der Waals surface area (Å²) in [5.41, 5.74) is 1.26. The van der Waals surface area contributed by atoms with Gasteiger partial charge in [-0.1, -0.05) is 30.7 Å². The zero-order valence-corrected chi connectivity index (χ0v) is 14.0. The predicted molar refractivity (Wildman–Crippen MR) is 85.6 cm³/mol. The Balaban J connectivity index is 1.77. The maximum atomic E-state index is 6.26. The lowest BCUT2D eigenvalue weighted by Crippen LogP contribution is -2.44. The molecular formula is C16H27N3OS. The minimum Gasteiger partial charge on any atom is -0.375 e. The van der Waals surface area contributed by atoms with Crippen LogP contribution in [0.5, 0.6) is 0 Å². The number of ether oxygens (including phenoxy) is 1. The van der Waals surface area contributed by atoms with E-state index in [2.05, 4.69) is 28.8 Å². The van der Waals surface area contributed by atoms with E-state index in [0.717, 1.165) is 25.3 Å². The topological polar surface area (TPSA) is 47.0 Å². The SMILES string of the molecule is CCNC(c1snnc1C)C1CCOC2(CCCCC2)C1. The maximum absolute atomic E-state index is 6.26. The quantitative estimate of drug-likeness (QED) is 0.922. The first-order chi connectivity index (χ1) is 10.2.